The van der Waals surface area contributed by atoms with Crippen LogP contribution in [-0.2, 0) is 6.54 Å². The average Bonchev–Trinajstić information content (AvgIpc) is 3.14. The summed E-state index contributed by atoms with van der Waals surface area (Å²) in [6, 6.07) is 0.767. The normalized spacial score (nSPS) is 16.6. The summed E-state index contributed by atoms with van der Waals surface area (Å²) in [4.78, 5) is 8.63. The van der Waals surface area contributed by atoms with E-state index in [9.17, 15) is 0 Å². The van der Waals surface area contributed by atoms with Gasteiger partial charge in [0.1, 0.15) is 0 Å². The molecule has 1 heterocycles. The first-order valence-corrected chi connectivity index (χ1v) is 8.41. The van der Waals surface area contributed by atoms with Crippen LogP contribution in [0.5, 0.6) is 0 Å². The summed E-state index contributed by atoms with van der Waals surface area (Å²) < 4.78 is 0. The Morgan fingerprint density at radius 3 is 2.74 bits per heavy atom. The fraction of sp³-hybridized carbons (Fsp3) is 0.800. The van der Waals surface area contributed by atoms with E-state index in [2.05, 4.69) is 38.0 Å². The summed E-state index contributed by atoms with van der Waals surface area (Å²) in [6.07, 6.45) is 5.03. The predicted molar refractivity (Wildman–Crippen MR) is 84.2 cm³/mol. The third kappa shape index (κ3) is 3.93. The van der Waals surface area contributed by atoms with Crippen molar-refractivity contribution in [1.29, 1.82) is 0 Å². The Labute approximate surface area is 121 Å². The van der Waals surface area contributed by atoms with Crippen molar-refractivity contribution in [3.63, 3.8) is 0 Å². The van der Waals surface area contributed by atoms with Crippen LogP contribution in [0, 0.1) is 0 Å². The molecule has 0 saturated heterocycles. The third-order valence-corrected chi connectivity index (χ3v) is 5.00. The molecule has 1 aliphatic rings. The van der Waals surface area contributed by atoms with E-state index in [1.807, 2.05) is 11.3 Å². The van der Waals surface area contributed by atoms with Crippen molar-refractivity contribution in [2.24, 2.45) is 0 Å². The van der Waals surface area contributed by atoms with Crippen molar-refractivity contribution in [1.82, 2.24) is 10.3 Å². The molecule has 4 heteroatoms. The lowest BCUT2D eigenvalue weighted by molar-refractivity contribution is 0.660. The van der Waals surface area contributed by atoms with Gasteiger partial charge in [0.15, 0.2) is 5.13 Å². The van der Waals surface area contributed by atoms with Crippen molar-refractivity contribution in [3.8, 4) is 0 Å². The number of hydrogen-bond acceptors (Lipinski definition) is 4. The summed E-state index contributed by atoms with van der Waals surface area (Å²) in [5, 5.41) is 4.81. The Morgan fingerprint density at radius 1 is 1.42 bits per heavy atom. The zero-order valence-corrected chi connectivity index (χ0v) is 13.5. The number of nitrogens with one attached hydrogen (secondary N) is 1. The molecule has 1 aromatic rings. The van der Waals surface area contributed by atoms with Gasteiger partial charge >= 0.3 is 0 Å². The molecule has 108 valence electrons. The van der Waals surface area contributed by atoms with Gasteiger partial charge in [0.05, 0.1) is 5.69 Å². The summed E-state index contributed by atoms with van der Waals surface area (Å²) in [6.45, 7) is 8.84. The van der Waals surface area contributed by atoms with Crippen LogP contribution < -0.4 is 10.2 Å². The van der Waals surface area contributed by atoms with Gasteiger partial charge in [0, 0.05) is 31.1 Å². The molecule has 1 aliphatic carbocycles. The Bertz CT molecular complexity index is 398. The van der Waals surface area contributed by atoms with Gasteiger partial charge in [-0.3, -0.25) is 0 Å². The largest absolute Gasteiger partial charge is 0.351 e. The van der Waals surface area contributed by atoms with Gasteiger partial charge in [0.25, 0.3) is 0 Å². The monoisotopic (exact) mass is 281 g/mol. The maximum atomic E-state index is 4.90. The summed E-state index contributed by atoms with van der Waals surface area (Å²) in [5.41, 5.74) is 1.32. The van der Waals surface area contributed by atoms with Crippen LogP contribution in [0.4, 0.5) is 5.13 Å². The third-order valence-electron chi connectivity index (χ3n) is 3.81. The Hall–Kier alpha value is -0.610. The lowest BCUT2D eigenvalue weighted by atomic mass is 10.0. The Morgan fingerprint density at radius 2 is 2.16 bits per heavy atom. The van der Waals surface area contributed by atoms with Gasteiger partial charge in [-0.05, 0) is 31.6 Å². The quantitative estimate of drug-likeness (QED) is 0.786. The highest BCUT2D eigenvalue weighted by molar-refractivity contribution is 7.15. The lowest BCUT2D eigenvalue weighted by Gasteiger charge is -2.13. The van der Waals surface area contributed by atoms with Gasteiger partial charge in [-0.15, -0.1) is 11.3 Å². The van der Waals surface area contributed by atoms with Crippen molar-refractivity contribution in [3.05, 3.63) is 10.6 Å². The van der Waals surface area contributed by atoms with E-state index in [0.29, 0.717) is 5.92 Å². The number of rotatable bonds is 8. The molecule has 1 atom stereocenters. The van der Waals surface area contributed by atoms with E-state index < -0.39 is 0 Å². The van der Waals surface area contributed by atoms with Crippen molar-refractivity contribution >= 4 is 16.5 Å². The zero-order valence-electron chi connectivity index (χ0n) is 12.7. The molecule has 1 aromatic heterocycles. The molecule has 2 rings (SSSR count). The van der Waals surface area contributed by atoms with Crippen LogP contribution in [0.2, 0.25) is 0 Å². The fourth-order valence-corrected chi connectivity index (χ4v) is 3.29. The van der Waals surface area contributed by atoms with Gasteiger partial charge in [-0.2, -0.15) is 0 Å². The van der Waals surface area contributed by atoms with Gasteiger partial charge in [0.2, 0.25) is 0 Å². The van der Waals surface area contributed by atoms with E-state index >= 15 is 0 Å². The number of aromatic nitrogens is 1. The van der Waals surface area contributed by atoms with Crippen molar-refractivity contribution in [2.45, 2.75) is 65.0 Å². The first kappa shape index (κ1) is 14.8. The first-order valence-electron chi connectivity index (χ1n) is 7.59. The summed E-state index contributed by atoms with van der Waals surface area (Å²) in [5.74, 6) is 0.566. The number of thiazole rings is 1. The molecule has 0 aromatic carbocycles. The highest BCUT2D eigenvalue weighted by Crippen LogP contribution is 2.32. The molecule has 0 spiro atoms. The second-order valence-corrected chi connectivity index (χ2v) is 6.75. The van der Waals surface area contributed by atoms with Crippen LogP contribution in [-0.4, -0.2) is 24.6 Å². The minimum absolute atomic E-state index is 0.566. The number of hydrogen-bond donors (Lipinski definition) is 1. The molecule has 19 heavy (non-hydrogen) atoms. The van der Waals surface area contributed by atoms with Crippen molar-refractivity contribution < 1.29 is 0 Å². The maximum Gasteiger partial charge on any atom is 0.185 e. The van der Waals surface area contributed by atoms with Crippen LogP contribution in [0.15, 0.2) is 0 Å². The first-order chi connectivity index (χ1) is 9.15. The minimum atomic E-state index is 0.566. The molecule has 0 aliphatic heterocycles. The predicted octanol–water partition coefficient (Wildman–Crippen LogP) is 3.75. The topological polar surface area (TPSA) is 28.2 Å². The van der Waals surface area contributed by atoms with Gasteiger partial charge in [-0.1, -0.05) is 20.8 Å². The minimum Gasteiger partial charge on any atom is -0.351 e. The molecular weight excluding hydrogens is 254 g/mol. The van der Waals surface area contributed by atoms with Crippen LogP contribution in [0.3, 0.4) is 0 Å². The van der Waals surface area contributed by atoms with E-state index in [0.717, 1.165) is 25.6 Å². The summed E-state index contributed by atoms with van der Waals surface area (Å²) in [7, 11) is 2.15. The highest BCUT2D eigenvalue weighted by Gasteiger charge is 2.23. The maximum absolute atomic E-state index is 4.90. The molecular formula is C15H27N3S. The molecule has 1 fully saturated rings. The molecule has 3 nitrogen and oxygen atoms in total. The second kappa shape index (κ2) is 6.71. The highest BCUT2D eigenvalue weighted by atomic mass is 32.1. The van der Waals surface area contributed by atoms with E-state index in [4.69, 9.17) is 4.98 Å². The van der Waals surface area contributed by atoms with Gasteiger partial charge < -0.3 is 10.2 Å². The molecule has 0 amide bonds. The standard InChI is InChI=1S/C15H27N3S/c1-5-9-18(4)15-17-14(11(3)6-2)13(19-15)10-16-12-7-8-12/h11-12,16H,5-10H2,1-4H3. The molecule has 0 bridgehead atoms. The van der Waals surface area contributed by atoms with E-state index in [-0.39, 0.29) is 0 Å². The molecule has 1 saturated carbocycles. The van der Waals surface area contributed by atoms with E-state index in [1.165, 1.54) is 35.0 Å². The smallest absolute Gasteiger partial charge is 0.185 e. The lowest BCUT2D eigenvalue weighted by Crippen LogP contribution is -2.17. The number of anilines is 1. The zero-order chi connectivity index (χ0) is 13.8. The van der Waals surface area contributed by atoms with E-state index in [1.54, 1.807) is 0 Å². The Kier molecular flexibility index (Phi) is 5.22. The van der Waals surface area contributed by atoms with Crippen molar-refractivity contribution in [2.75, 3.05) is 18.5 Å². The molecule has 1 N–H and O–H groups in total. The van der Waals surface area contributed by atoms with Crippen LogP contribution >= 0.6 is 11.3 Å². The van der Waals surface area contributed by atoms with Crippen LogP contribution in [0.25, 0.3) is 0 Å². The average molecular weight is 281 g/mol. The molecule has 0 radical (unpaired) electrons. The fourth-order valence-electron chi connectivity index (χ4n) is 2.17. The SMILES string of the molecule is CCCN(C)c1nc(C(C)CC)c(CNC2CC2)s1. The summed E-state index contributed by atoms with van der Waals surface area (Å²) >= 11 is 1.87. The number of nitrogens with zero attached hydrogens (tertiary/aromatic N) is 2. The van der Waals surface area contributed by atoms with Gasteiger partial charge in [-0.25, -0.2) is 4.98 Å². The molecule has 1 unspecified atom stereocenters. The van der Waals surface area contributed by atoms with Crippen LogP contribution in [0.1, 0.15) is 62.9 Å². The Balaban J connectivity index is 2.11. The second-order valence-electron chi connectivity index (χ2n) is 5.69.